The SMILES string of the molecule is COCOc1c(-c2ccc(-n3ccn(C)c3=O)c(Cl)c2)cc(OCc2ccc(OC)cc2)nc1Br. The van der Waals surface area contributed by atoms with Gasteiger partial charge in [-0.1, -0.05) is 29.8 Å². The molecule has 0 N–H and O–H groups in total. The lowest BCUT2D eigenvalue weighted by Crippen LogP contribution is -2.20. The molecule has 0 saturated heterocycles. The number of aromatic nitrogens is 3. The summed E-state index contributed by atoms with van der Waals surface area (Å²) < 4.78 is 25.5. The van der Waals surface area contributed by atoms with Gasteiger partial charge in [-0.3, -0.25) is 4.57 Å². The van der Waals surface area contributed by atoms with Crippen molar-refractivity contribution in [2.45, 2.75) is 6.61 Å². The van der Waals surface area contributed by atoms with Gasteiger partial charge in [-0.05, 0) is 51.3 Å². The molecule has 0 atom stereocenters. The van der Waals surface area contributed by atoms with Crippen LogP contribution in [0.25, 0.3) is 16.8 Å². The van der Waals surface area contributed by atoms with E-state index in [0.717, 1.165) is 16.9 Å². The summed E-state index contributed by atoms with van der Waals surface area (Å²) in [5, 5.41) is 0.405. The summed E-state index contributed by atoms with van der Waals surface area (Å²) in [5.41, 5.74) is 2.80. The second-order valence-electron chi connectivity index (χ2n) is 7.54. The van der Waals surface area contributed by atoms with Crippen LogP contribution < -0.4 is 19.9 Å². The van der Waals surface area contributed by atoms with Gasteiger partial charge in [0.2, 0.25) is 5.88 Å². The molecule has 8 nitrogen and oxygen atoms in total. The summed E-state index contributed by atoms with van der Waals surface area (Å²) in [6.07, 6.45) is 3.35. The highest BCUT2D eigenvalue weighted by Crippen LogP contribution is 2.39. The van der Waals surface area contributed by atoms with E-state index < -0.39 is 0 Å². The molecule has 0 saturated carbocycles. The fourth-order valence-electron chi connectivity index (χ4n) is 3.42. The number of benzene rings is 2. The van der Waals surface area contributed by atoms with Gasteiger partial charge < -0.3 is 23.5 Å². The number of ether oxygens (including phenoxy) is 4. The highest BCUT2D eigenvalue weighted by Gasteiger charge is 2.17. The molecule has 35 heavy (non-hydrogen) atoms. The number of imidazole rings is 1. The number of rotatable bonds is 9. The summed E-state index contributed by atoms with van der Waals surface area (Å²) in [7, 11) is 4.84. The van der Waals surface area contributed by atoms with Crippen LogP contribution in [0.3, 0.4) is 0 Å². The molecule has 0 aliphatic heterocycles. The highest BCUT2D eigenvalue weighted by atomic mass is 79.9. The predicted molar refractivity (Wildman–Crippen MR) is 137 cm³/mol. The summed E-state index contributed by atoms with van der Waals surface area (Å²) >= 11 is 10.1. The number of methoxy groups -OCH3 is 2. The number of aryl methyl sites for hydroxylation is 1. The number of pyridine rings is 1. The van der Waals surface area contributed by atoms with Gasteiger partial charge in [0.05, 0.1) is 17.8 Å². The summed E-state index contributed by atoms with van der Waals surface area (Å²) in [4.78, 5) is 16.8. The van der Waals surface area contributed by atoms with Crippen molar-refractivity contribution in [1.82, 2.24) is 14.1 Å². The van der Waals surface area contributed by atoms with Crippen LogP contribution >= 0.6 is 27.5 Å². The fourth-order valence-corrected chi connectivity index (χ4v) is 4.19. The average Bonchev–Trinajstić information content (AvgIpc) is 3.19. The minimum atomic E-state index is -0.190. The Balaban J connectivity index is 1.68. The minimum Gasteiger partial charge on any atom is -0.497 e. The van der Waals surface area contributed by atoms with Crippen LogP contribution in [0, 0.1) is 0 Å². The first-order valence-electron chi connectivity index (χ1n) is 10.5. The Bertz CT molecular complexity index is 1390. The predicted octanol–water partition coefficient (Wildman–Crippen LogP) is 5.22. The first kappa shape index (κ1) is 24.8. The van der Waals surface area contributed by atoms with E-state index in [9.17, 15) is 4.79 Å². The second kappa shape index (κ2) is 11.0. The van der Waals surface area contributed by atoms with Gasteiger partial charge in [-0.25, -0.2) is 9.78 Å². The van der Waals surface area contributed by atoms with Gasteiger partial charge in [0, 0.05) is 38.2 Å². The van der Waals surface area contributed by atoms with E-state index >= 15 is 0 Å². The topological polar surface area (TPSA) is 76.7 Å². The third-order valence-electron chi connectivity index (χ3n) is 5.24. The molecule has 0 fully saturated rings. The van der Waals surface area contributed by atoms with Crippen molar-refractivity contribution in [2.24, 2.45) is 7.05 Å². The van der Waals surface area contributed by atoms with Crippen LogP contribution in [0.2, 0.25) is 5.02 Å². The Kier molecular flexibility index (Phi) is 7.80. The molecule has 4 aromatic rings. The number of halogens is 2. The molecule has 0 unspecified atom stereocenters. The molecule has 182 valence electrons. The van der Waals surface area contributed by atoms with Crippen molar-refractivity contribution < 1.29 is 18.9 Å². The standard InChI is InChI=1S/C25H23BrClN3O5/c1-29-10-11-30(25(29)31)21-9-6-17(12-20(21)27)19-13-22(28-24(26)23(19)35-15-32-2)34-14-16-4-7-18(33-3)8-5-16/h4-13H,14-15H2,1-3H3. The van der Waals surface area contributed by atoms with Crippen molar-refractivity contribution in [3.63, 3.8) is 0 Å². The molecule has 2 aromatic heterocycles. The Morgan fingerprint density at radius 2 is 1.80 bits per heavy atom. The summed E-state index contributed by atoms with van der Waals surface area (Å²) in [6.45, 7) is 0.350. The van der Waals surface area contributed by atoms with Crippen molar-refractivity contribution in [2.75, 3.05) is 21.0 Å². The molecule has 4 rings (SSSR count). The quantitative estimate of drug-likeness (QED) is 0.206. The van der Waals surface area contributed by atoms with E-state index in [0.29, 0.717) is 39.1 Å². The Hall–Kier alpha value is -3.27. The monoisotopic (exact) mass is 559 g/mol. The molecule has 2 aromatic carbocycles. The molecular formula is C25H23BrClN3O5. The molecule has 0 aliphatic carbocycles. The van der Waals surface area contributed by atoms with Crippen molar-refractivity contribution in [3.05, 3.63) is 86.6 Å². The Labute approximate surface area is 215 Å². The normalized spacial score (nSPS) is 10.9. The lowest BCUT2D eigenvalue weighted by atomic mass is 10.1. The van der Waals surface area contributed by atoms with Gasteiger partial charge in [0.15, 0.2) is 17.1 Å². The molecule has 0 amide bonds. The zero-order valence-corrected chi connectivity index (χ0v) is 21.7. The Morgan fingerprint density at radius 1 is 1.03 bits per heavy atom. The van der Waals surface area contributed by atoms with Crippen LogP contribution in [0.15, 0.2) is 70.3 Å². The summed E-state index contributed by atoms with van der Waals surface area (Å²) in [6, 6.07) is 14.8. The maximum absolute atomic E-state index is 12.4. The molecule has 0 aliphatic rings. The molecule has 0 spiro atoms. The van der Waals surface area contributed by atoms with E-state index in [4.69, 9.17) is 30.5 Å². The van der Waals surface area contributed by atoms with Crippen LogP contribution in [-0.2, 0) is 18.4 Å². The van der Waals surface area contributed by atoms with Gasteiger partial charge in [-0.15, -0.1) is 0 Å². The van der Waals surface area contributed by atoms with Gasteiger partial charge in [0.1, 0.15) is 12.4 Å². The fraction of sp³-hybridized carbons (Fsp3) is 0.200. The van der Waals surface area contributed by atoms with Gasteiger partial charge in [0.25, 0.3) is 0 Å². The van der Waals surface area contributed by atoms with Crippen LogP contribution in [0.5, 0.6) is 17.4 Å². The zero-order chi connectivity index (χ0) is 24.9. The first-order chi connectivity index (χ1) is 16.9. The molecule has 0 radical (unpaired) electrons. The van der Waals surface area contributed by atoms with Crippen molar-refractivity contribution >= 4 is 27.5 Å². The maximum Gasteiger partial charge on any atom is 0.332 e. The minimum absolute atomic E-state index is 0.0323. The van der Waals surface area contributed by atoms with E-state index in [-0.39, 0.29) is 12.5 Å². The van der Waals surface area contributed by atoms with Crippen LogP contribution in [0.1, 0.15) is 5.56 Å². The van der Waals surface area contributed by atoms with Crippen molar-refractivity contribution in [1.29, 1.82) is 0 Å². The molecule has 0 bridgehead atoms. The average molecular weight is 561 g/mol. The summed E-state index contributed by atoms with van der Waals surface area (Å²) in [5.74, 6) is 1.64. The largest absolute Gasteiger partial charge is 0.497 e. The van der Waals surface area contributed by atoms with E-state index in [1.807, 2.05) is 30.3 Å². The van der Waals surface area contributed by atoms with E-state index in [1.54, 1.807) is 44.8 Å². The highest BCUT2D eigenvalue weighted by molar-refractivity contribution is 9.10. The van der Waals surface area contributed by atoms with E-state index in [2.05, 4.69) is 20.9 Å². The van der Waals surface area contributed by atoms with Gasteiger partial charge in [-0.2, -0.15) is 0 Å². The lowest BCUT2D eigenvalue weighted by Gasteiger charge is -2.16. The zero-order valence-electron chi connectivity index (χ0n) is 19.3. The lowest BCUT2D eigenvalue weighted by molar-refractivity contribution is 0.0505. The molecular weight excluding hydrogens is 538 g/mol. The smallest absolute Gasteiger partial charge is 0.332 e. The van der Waals surface area contributed by atoms with Crippen LogP contribution in [-0.4, -0.2) is 35.1 Å². The second-order valence-corrected chi connectivity index (χ2v) is 8.70. The Morgan fingerprint density at radius 3 is 2.43 bits per heavy atom. The maximum atomic E-state index is 12.4. The third-order valence-corrected chi connectivity index (χ3v) is 6.08. The number of hydrogen-bond acceptors (Lipinski definition) is 6. The number of nitrogens with zero attached hydrogens (tertiary/aromatic N) is 3. The first-order valence-corrected chi connectivity index (χ1v) is 11.7. The van der Waals surface area contributed by atoms with Gasteiger partial charge >= 0.3 is 5.69 Å². The molecule has 2 heterocycles. The van der Waals surface area contributed by atoms with Crippen LogP contribution in [0.4, 0.5) is 0 Å². The van der Waals surface area contributed by atoms with Crippen molar-refractivity contribution in [3.8, 4) is 34.2 Å². The number of hydrogen-bond donors (Lipinski definition) is 0. The third kappa shape index (κ3) is 5.53. The van der Waals surface area contributed by atoms with E-state index in [1.165, 1.54) is 16.2 Å². The molecule has 10 heteroatoms.